The molecule has 9 heteroatoms. The highest BCUT2D eigenvalue weighted by atomic mass is 19.4. The van der Waals surface area contributed by atoms with Gasteiger partial charge in [-0.2, -0.15) is 18.3 Å². The second-order valence-corrected chi connectivity index (χ2v) is 5.93. The Kier molecular flexibility index (Phi) is 5.66. The molecule has 0 fully saturated rings. The van der Waals surface area contributed by atoms with Crippen molar-refractivity contribution < 1.29 is 18.0 Å². The van der Waals surface area contributed by atoms with Crippen LogP contribution in [0.3, 0.4) is 0 Å². The quantitative estimate of drug-likeness (QED) is 0.859. The maximum absolute atomic E-state index is 12.9. The highest BCUT2D eigenvalue weighted by Crippen LogP contribution is 2.30. The molecule has 0 radical (unpaired) electrons. The Morgan fingerprint density at radius 3 is 2.72 bits per heavy atom. The molecule has 2 heterocycles. The molecule has 1 N–H and O–H groups in total. The molecule has 6 nitrogen and oxygen atoms in total. The molecule has 1 unspecified atom stereocenters. The maximum Gasteiger partial charge on any atom is 0.433 e. The van der Waals surface area contributed by atoms with Crippen LogP contribution in [0.25, 0.3) is 0 Å². The third kappa shape index (κ3) is 5.20. The predicted octanol–water partition coefficient (Wildman–Crippen LogP) is 1.82. The van der Waals surface area contributed by atoms with Gasteiger partial charge in [0.05, 0.1) is 5.69 Å². The topological polar surface area (TPSA) is 68.9 Å². The number of rotatable bonds is 6. The van der Waals surface area contributed by atoms with Gasteiger partial charge in [-0.1, -0.05) is 13.0 Å². The van der Waals surface area contributed by atoms with E-state index in [4.69, 9.17) is 0 Å². The minimum Gasteiger partial charge on any atom is -0.354 e. The van der Waals surface area contributed by atoms with Crippen molar-refractivity contribution in [3.05, 3.63) is 52.2 Å². The molecule has 136 valence electrons. The lowest BCUT2D eigenvalue weighted by atomic mass is 10.2. The van der Waals surface area contributed by atoms with E-state index in [9.17, 15) is 22.8 Å². The van der Waals surface area contributed by atoms with Gasteiger partial charge < -0.3 is 9.88 Å². The van der Waals surface area contributed by atoms with Crippen LogP contribution < -0.4 is 10.9 Å². The third-order valence-corrected chi connectivity index (χ3v) is 3.54. The molecule has 0 aliphatic rings. The van der Waals surface area contributed by atoms with Gasteiger partial charge in [-0.05, 0) is 25.0 Å². The number of aryl methyl sites for hydroxylation is 1. The van der Waals surface area contributed by atoms with E-state index in [0.717, 1.165) is 10.7 Å². The van der Waals surface area contributed by atoms with Crippen LogP contribution in [0.5, 0.6) is 0 Å². The van der Waals surface area contributed by atoms with E-state index in [1.807, 2.05) is 0 Å². The van der Waals surface area contributed by atoms with E-state index in [-0.39, 0.29) is 42.7 Å². The summed E-state index contributed by atoms with van der Waals surface area (Å²) in [6.07, 6.45) is -2.98. The first-order chi connectivity index (χ1) is 11.7. The summed E-state index contributed by atoms with van der Waals surface area (Å²) in [5.74, 6) is -0.648. The first-order valence-corrected chi connectivity index (χ1v) is 7.70. The van der Waals surface area contributed by atoms with Crippen LogP contribution in [0.15, 0.2) is 35.3 Å². The van der Waals surface area contributed by atoms with Crippen molar-refractivity contribution in [1.82, 2.24) is 19.7 Å². The molecule has 2 aromatic heterocycles. The second-order valence-electron chi connectivity index (χ2n) is 5.93. The molecule has 1 amide bonds. The number of carbonyl (C=O) groups excluding carboxylic acids is 1. The normalized spacial score (nSPS) is 12.8. The van der Waals surface area contributed by atoms with Gasteiger partial charge in [-0.3, -0.25) is 14.3 Å². The van der Waals surface area contributed by atoms with Crippen LogP contribution in [-0.4, -0.2) is 26.8 Å². The third-order valence-electron chi connectivity index (χ3n) is 3.54. The second kappa shape index (κ2) is 7.54. The molecule has 0 spiro atoms. The van der Waals surface area contributed by atoms with Gasteiger partial charge in [0.2, 0.25) is 5.91 Å². The highest BCUT2D eigenvalue weighted by Gasteiger charge is 2.35. The van der Waals surface area contributed by atoms with Gasteiger partial charge in [0, 0.05) is 25.4 Å². The minimum atomic E-state index is -4.47. The largest absolute Gasteiger partial charge is 0.433 e. The van der Waals surface area contributed by atoms with Crippen molar-refractivity contribution in [2.24, 2.45) is 5.92 Å². The summed E-state index contributed by atoms with van der Waals surface area (Å²) in [5, 5.41) is 6.48. The number of nitrogens with one attached hydrogen (secondary N) is 1. The number of carbonyl (C=O) groups is 1. The Balaban J connectivity index is 1.91. The number of hydrogen-bond acceptors (Lipinski definition) is 3. The smallest absolute Gasteiger partial charge is 0.354 e. The molecule has 2 rings (SSSR count). The number of alkyl halides is 3. The molecular weight excluding hydrogens is 337 g/mol. The maximum atomic E-state index is 12.9. The van der Waals surface area contributed by atoms with Crippen molar-refractivity contribution in [2.45, 2.75) is 33.1 Å². The fourth-order valence-electron chi connectivity index (χ4n) is 2.36. The van der Waals surface area contributed by atoms with Crippen molar-refractivity contribution in [3.8, 4) is 0 Å². The Labute approximate surface area is 142 Å². The number of pyridine rings is 1. The fraction of sp³-hybridized carbons (Fsp3) is 0.438. The summed E-state index contributed by atoms with van der Waals surface area (Å²) in [6.45, 7) is 3.27. The van der Waals surface area contributed by atoms with Gasteiger partial charge >= 0.3 is 6.18 Å². The molecular formula is C16H19F3N4O2. The van der Waals surface area contributed by atoms with Crippen LogP contribution >= 0.6 is 0 Å². The van der Waals surface area contributed by atoms with E-state index in [0.29, 0.717) is 0 Å². The van der Waals surface area contributed by atoms with E-state index in [2.05, 4.69) is 10.4 Å². The van der Waals surface area contributed by atoms with Crippen molar-refractivity contribution in [3.63, 3.8) is 0 Å². The molecule has 0 aromatic carbocycles. The Hall–Kier alpha value is -2.58. The van der Waals surface area contributed by atoms with E-state index in [1.165, 1.54) is 23.8 Å². The van der Waals surface area contributed by atoms with Crippen LogP contribution in [0.1, 0.15) is 18.3 Å². The molecule has 0 aliphatic heterocycles. The van der Waals surface area contributed by atoms with Crippen molar-refractivity contribution >= 4 is 5.91 Å². The monoisotopic (exact) mass is 356 g/mol. The lowest BCUT2D eigenvalue weighted by Crippen LogP contribution is -2.35. The van der Waals surface area contributed by atoms with E-state index < -0.39 is 11.9 Å². The number of hydrogen-bond donors (Lipinski definition) is 1. The lowest BCUT2D eigenvalue weighted by molar-refractivity contribution is -0.144. The SMILES string of the molecule is Cc1cc(C(F)(F)F)n(CC(C)CNC(=O)Cn2ccccc2=O)n1. The van der Waals surface area contributed by atoms with Gasteiger partial charge in [-0.15, -0.1) is 0 Å². The van der Waals surface area contributed by atoms with E-state index >= 15 is 0 Å². The molecule has 0 bridgehead atoms. The van der Waals surface area contributed by atoms with Crippen LogP contribution in [0.4, 0.5) is 13.2 Å². The van der Waals surface area contributed by atoms with Crippen molar-refractivity contribution in [2.75, 3.05) is 6.54 Å². The van der Waals surface area contributed by atoms with Gasteiger partial charge in [-0.25, -0.2) is 0 Å². The highest BCUT2D eigenvalue weighted by molar-refractivity contribution is 5.75. The Morgan fingerprint density at radius 1 is 1.36 bits per heavy atom. The van der Waals surface area contributed by atoms with Crippen molar-refractivity contribution in [1.29, 1.82) is 0 Å². The summed E-state index contributed by atoms with van der Waals surface area (Å²) in [5.41, 5.74) is -0.821. The molecule has 0 saturated carbocycles. The van der Waals surface area contributed by atoms with Gasteiger partial charge in [0.25, 0.3) is 5.56 Å². The summed E-state index contributed by atoms with van der Waals surface area (Å²) < 4.78 is 41.0. The summed E-state index contributed by atoms with van der Waals surface area (Å²) in [6, 6.07) is 5.54. The lowest BCUT2D eigenvalue weighted by Gasteiger charge is -2.16. The molecule has 0 saturated heterocycles. The zero-order valence-corrected chi connectivity index (χ0v) is 13.9. The molecule has 25 heavy (non-hydrogen) atoms. The number of aromatic nitrogens is 3. The standard InChI is InChI=1S/C16H19F3N4O2/c1-11(9-23-13(16(17,18)19)7-12(2)21-23)8-20-14(24)10-22-6-4-3-5-15(22)25/h3-7,11H,8-10H2,1-2H3,(H,20,24). The minimum absolute atomic E-state index is 0.0221. The Morgan fingerprint density at radius 2 is 2.08 bits per heavy atom. The zero-order valence-electron chi connectivity index (χ0n) is 13.9. The summed E-state index contributed by atoms with van der Waals surface area (Å²) in [4.78, 5) is 23.4. The number of halogens is 3. The fourth-order valence-corrected chi connectivity index (χ4v) is 2.36. The molecule has 0 aliphatic carbocycles. The van der Waals surface area contributed by atoms with Crippen LogP contribution in [0.2, 0.25) is 0 Å². The number of nitrogens with zero attached hydrogens (tertiary/aromatic N) is 3. The van der Waals surface area contributed by atoms with E-state index in [1.54, 1.807) is 19.1 Å². The molecule has 2 aromatic rings. The average molecular weight is 356 g/mol. The zero-order chi connectivity index (χ0) is 18.6. The average Bonchev–Trinajstić information content (AvgIpc) is 2.88. The summed E-state index contributed by atoms with van der Waals surface area (Å²) in [7, 11) is 0. The molecule has 1 atom stereocenters. The first-order valence-electron chi connectivity index (χ1n) is 7.70. The van der Waals surface area contributed by atoms with Gasteiger partial charge in [0.15, 0.2) is 0 Å². The van der Waals surface area contributed by atoms with Crippen LogP contribution in [0, 0.1) is 12.8 Å². The summed E-state index contributed by atoms with van der Waals surface area (Å²) >= 11 is 0. The van der Waals surface area contributed by atoms with Crippen LogP contribution in [-0.2, 0) is 24.1 Å². The first kappa shape index (κ1) is 18.8. The predicted molar refractivity (Wildman–Crippen MR) is 84.8 cm³/mol. The Bertz CT molecular complexity index is 795. The number of amides is 1. The van der Waals surface area contributed by atoms with Gasteiger partial charge in [0.1, 0.15) is 12.2 Å².